The maximum absolute atomic E-state index is 12.1. The molecule has 0 fully saturated rings. The van der Waals surface area contributed by atoms with E-state index in [2.05, 4.69) is 10.3 Å². The smallest absolute Gasteiger partial charge is 0.237 e. The second-order valence-corrected chi connectivity index (χ2v) is 6.62. The minimum absolute atomic E-state index is 0.0373. The summed E-state index contributed by atoms with van der Waals surface area (Å²) < 4.78 is 6.21. The number of carbonyl (C=O) groups is 1. The Morgan fingerprint density at radius 3 is 3.00 bits per heavy atom. The summed E-state index contributed by atoms with van der Waals surface area (Å²) in [4.78, 5) is 16.5. The number of hydrogen-bond donors (Lipinski definition) is 1. The number of hydrogen-bond acceptors (Lipinski definition) is 5. The van der Waals surface area contributed by atoms with Crippen LogP contribution in [0.5, 0.6) is 5.75 Å². The first-order valence-corrected chi connectivity index (χ1v) is 7.85. The van der Waals surface area contributed by atoms with Gasteiger partial charge in [0.1, 0.15) is 10.1 Å². The van der Waals surface area contributed by atoms with Crippen LogP contribution in [0.4, 0.5) is 5.69 Å². The first-order chi connectivity index (χ1) is 9.20. The molecule has 1 amide bonds. The second-order valence-electron chi connectivity index (χ2n) is 3.95. The van der Waals surface area contributed by atoms with Gasteiger partial charge in [-0.2, -0.15) is 0 Å². The third-order valence-corrected chi connectivity index (χ3v) is 4.87. The van der Waals surface area contributed by atoms with Crippen LogP contribution in [0.1, 0.15) is 6.92 Å². The van der Waals surface area contributed by atoms with Crippen LogP contribution in [0, 0.1) is 0 Å². The van der Waals surface area contributed by atoms with E-state index in [0.29, 0.717) is 11.4 Å². The number of thioether (sulfide) groups is 2. The normalized spacial score (nSPS) is 15.8. The van der Waals surface area contributed by atoms with Gasteiger partial charge < -0.3 is 10.1 Å². The average molecular weight is 296 g/mol. The third-order valence-electron chi connectivity index (χ3n) is 2.57. The van der Waals surface area contributed by atoms with Gasteiger partial charge in [0.15, 0.2) is 0 Å². The highest BCUT2D eigenvalue weighted by Crippen LogP contribution is 2.28. The molecule has 1 aliphatic heterocycles. The zero-order chi connectivity index (χ0) is 13.7. The molecule has 1 aromatic carbocycles. The molecule has 1 N–H and O–H groups in total. The number of nitrogens with zero attached hydrogens (tertiary/aromatic N) is 1. The topological polar surface area (TPSA) is 50.7 Å². The number of para-hydroxylation sites is 2. The monoisotopic (exact) mass is 296 g/mol. The molecule has 19 heavy (non-hydrogen) atoms. The summed E-state index contributed by atoms with van der Waals surface area (Å²) in [7, 11) is 1.59. The molecule has 1 atom stereocenters. The van der Waals surface area contributed by atoms with Crippen molar-refractivity contribution in [2.75, 3.05) is 24.7 Å². The highest BCUT2D eigenvalue weighted by molar-refractivity contribution is 8.39. The predicted octanol–water partition coefficient (Wildman–Crippen LogP) is 2.86. The van der Waals surface area contributed by atoms with E-state index >= 15 is 0 Å². The van der Waals surface area contributed by atoms with Crippen molar-refractivity contribution >= 4 is 39.5 Å². The number of nitrogens with one attached hydrogen (secondary N) is 1. The molecule has 0 saturated carbocycles. The van der Waals surface area contributed by atoms with Crippen LogP contribution in [-0.4, -0.2) is 34.9 Å². The van der Waals surface area contributed by atoms with Gasteiger partial charge in [-0.05, 0) is 19.1 Å². The number of benzene rings is 1. The van der Waals surface area contributed by atoms with E-state index in [-0.39, 0.29) is 11.2 Å². The average Bonchev–Trinajstić information content (AvgIpc) is 2.92. The summed E-state index contributed by atoms with van der Waals surface area (Å²) >= 11 is 3.22. The fourth-order valence-corrected chi connectivity index (χ4v) is 3.70. The standard InChI is InChI=1S/C13H16N2O2S2/c1-9(19-13-14-7-8-18-13)12(16)15-10-5-3-4-6-11(10)17-2/h3-6,9H,7-8H2,1-2H3,(H,15,16)/t9-/m0/s1. The molecular formula is C13H16N2O2S2. The van der Waals surface area contributed by atoms with Gasteiger partial charge in [0, 0.05) is 5.75 Å². The summed E-state index contributed by atoms with van der Waals surface area (Å²) in [5.74, 6) is 1.65. The van der Waals surface area contributed by atoms with Crippen LogP contribution in [0.25, 0.3) is 0 Å². The van der Waals surface area contributed by atoms with Crippen molar-refractivity contribution in [1.29, 1.82) is 0 Å². The minimum Gasteiger partial charge on any atom is -0.495 e. The van der Waals surface area contributed by atoms with E-state index in [1.165, 1.54) is 11.8 Å². The van der Waals surface area contributed by atoms with Gasteiger partial charge in [-0.3, -0.25) is 9.79 Å². The molecule has 0 saturated heterocycles. The van der Waals surface area contributed by atoms with E-state index in [0.717, 1.165) is 16.7 Å². The molecule has 6 heteroatoms. The second kappa shape index (κ2) is 6.86. The van der Waals surface area contributed by atoms with E-state index in [4.69, 9.17) is 4.74 Å². The van der Waals surface area contributed by atoms with Gasteiger partial charge in [0.2, 0.25) is 5.91 Å². The molecule has 1 aliphatic rings. The lowest BCUT2D eigenvalue weighted by Gasteiger charge is -2.13. The number of rotatable bonds is 4. The van der Waals surface area contributed by atoms with Crippen molar-refractivity contribution in [1.82, 2.24) is 0 Å². The van der Waals surface area contributed by atoms with Crippen molar-refractivity contribution in [3.8, 4) is 5.75 Å². The van der Waals surface area contributed by atoms with Crippen molar-refractivity contribution < 1.29 is 9.53 Å². The van der Waals surface area contributed by atoms with E-state index in [9.17, 15) is 4.79 Å². The molecule has 102 valence electrons. The van der Waals surface area contributed by atoms with Gasteiger partial charge in [-0.15, -0.1) is 0 Å². The van der Waals surface area contributed by atoms with Gasteiger partial charge in [0.05, 0.1) is 24.6 Å². The Balaban J connectivity index is 1.96. The first-order valence-electron chi connectivity index (χ1n) is 5.98. The molecule has 4 nitrogen and oxygen atoms in total. The van der Waals surface area contributed by atoms with E-state index in [1.807, 2.05) is 31.2 Å². The van der Waals surface area contributed by atoms with Crippen molar-refractivity contribution in [2.24, 2.45) is 4.99 Å². The Kier molecular flexibility index (Phi) is 5.15. The Morgan fingerprint density at radius 2 is 2.32 bits per heavy atom. The zero-order valence-electron chi connectivity index (χ0n) is 10.9. The van der Waals surface area contributed by atoms with Crippen LogP contribution in [-0.2, 0) is 4.79 Å². The molecular weight excluding hydrogens is 280 g/mol. The van der Waals surface area contributed by atoms with E-state index < -0.39 is 0 Å². The van der Waals surface area contributed by atoms with Crippen molar-refractivity contribution in [2.45, 2.75) is 12.2 Å². The van der Waals surface area contributed by atoms with Crippen molar-refractivity contribution in [3.63, 3.8) is 0 Å². The zero-order valence-corrected chi connectivity index (χ0v) is 12.5. The number of methoxy groups -OCH3 is 1. The lowest BCUT2D eigenvalue weighted by Crippen LogP contribution is -2.23. The Hall–Kier alpha value is -1.14. The highest BCUT2D eigenvalue weighted by atomic mass is 32.2. The Bertz CT molecular complexity index is 491. The number of aliphatic imine (C=N–C) groups is 1. The maximum atomic E-state index is 12.1. The predicted molar refractivity (Wildman–Crippen MR) is 83.4 cm³/mol. The molecule has 0 spiro atoms. The summed E-state index contributed by atoms with van der Waals surface area (Å²) in [6, 6.07) is 7.39. The van der Waals surface area contributed by atoms with Crippen LogP contribution in [0.2, 0.25) is 0 Å². The molecule has 1 heterocycles. The molecule has 1 aromatic rings. The fraction of sp³-hybridized carbons (Fsp3) is 0.385. The SMILES string of the molecule is COc1ccccc1NC(=O)[C@H](C)SC1=NCCS1. The summed E-state index contributed by atoms with van der Waals surface area (Å²) in [6.45, 7) is 2.74. The number of carbonyl (C=O) groups excluding carboxylic acids is 1. The Morgan fingerprint density at radius 1 is 1.53 bits per heavy atom. The lowest BCUT2D eigenvalue weighted by atomic mass is 10.3. The van der Waals surface area contributed by atoms with Crippen LogP contribution >= 0.6 is 23.5 Å². The molecule has 0 radical (unpaired) electrons. The van der Waals surface area contributed by atoms with Gasteiger partial charge >= 0.3 is 0 Å². The molecule has 2 rings (SSSR count). The molecule has 0 aliphatic carbocycles. The molecule has 0 bridgehead atoms. The lowest BCUT2D eigenvalue weighted by molar-refractivity contribution is -0.115. The van der Waals surface area contributed by atoms with Crippen LogP contribution in [0.15, 0.2) is 29.3 Å². The van der Waals surface area contributed by atoms with E-state index in [1.54, 1.807) is 18.9 Å². The van der Waals surface area contributed by atoms with Gasteiger partial charge in [-0.1, -0.05) is 35.7 Å². The largest absolute Gasteiger partial charge is 0.495 e. The molecule has 0 aromatic heterocycles. The number of amides is 1. The first kappa shape index (κ1) is 14.3. The Labute approximate surface area is 121 Å². The van der Waals surface area contributed by atoms with Gasteiger partial charge in [0.25, 0.3) is 0 Å². The third kappa shape index (κ3) is 3.91. The minimum atomic E-state index is -0.172. The van der Waals surface area contributed by atoms with Crippen LogP contribution in [0.3, 0.4) is 0 Å². The van der Waals surface area contributed by atoms with Crippen LogP contribution < -0.4 is 10.1 Å². The highest BCUT2D eigenvalue weighted by Gasteiger charge is 2.19. The molecule has 0 unspecified atom stereocenters. The maximum Gasteiger partial charge on any atom is 0.237 e. The summed E-state index contributed by atoms with van der Waals surface area (Å²) in [6.07, 6.45) is 0. The number of anilines is 1. The summed E-state index contributed by atoms with van der Waals surface area (Å²) in [5.41, 5.74) is 0.698. The fourth-order valence-electron chi connectivity index (χ4n) is 1.57. The van der Waals surface area contributed by atoms with Crippen molar-refractivity contribution in [3.05, 3.63) is 24.3 Å². The number of ether oxygens (including phenoxy) is 1. The summed E-state index contributed by atoms with van der Waals surface area (Å²) in [5, 5.41) is 2.71. The quantitative estimate of drug-likeness (QED) is 0.928. The van der Waals surface area contributed by atoms with Gasteiger partial charge in [-0.25, -0.2) is 0 Å².